The maximum absolute atomic E-state index is 5.45. The number of aryl methyl sites for hydroxylation is 1. The lowest BCUT2D eigenvalue weighted by Crippen LogP contribution is -2.31. The molecular weight excluding hydrogens is 176 g/mol. The third-order valence-electron chi connectivity index (χ3n) is 2.17. The van der Waals surface area contributed by atoms with Crippen molar-refractivity contribution >= 4 is 0 Å². The number of hydrogen-bond donors (Lipinski definition) is 2. The van der Waals surface area contributed by atoms with Crippen molar-refractivity contribution in [3.8, 4) is 0 Å². The Balaban J connectivity index is 2.64. The van der Waals surface area contributed by atoms with Crippen LogP contribution in [-0.4, -0.2) is 13.2 Å². The van der Waals surface area contributed by atoms with Gasteiger partial charge in [-0.25, -0.2) is 0 Å². The van der Waals surface area contributed by atoms with Crippen molar-refractivity contribution in [1.82, 2.24) is 5.43 Å². The lowest BCUT2D eigenvalue weighted by molar-refractivity contribution is 0.123. The van der Waals surface area contributed by atoms with E-state index < -0.39 is 0 Å². The van der Waals surface area contributed by atoms with Crippen LogP contribution in [0.15, 0.2) is 24.3 Å². The van der Waals surface area contributed by atoms with E-state index in [0.717, 1.165) is 5.56 Å². The molecule has 0 aliphatic rings. The third kappa shape index (κ3) is 3.10. The number of nitrogens with two attached hydrogens (primary N) is 1. The molecule has 0 radical (unpaired) electrons. The highest BCUT2D eigenvalue weighted by Gasteiger charge is 2.08. The molecule has 0 saturated carbocycles. The second kappa shape index (κ2) is 5.75. The van der Waals surface area contributed by atoms with E-state index in [0.29, 0.717) is 13.2 Å². The number of hydrazine groups is 1. The molecule has 0 heterocycles. The van der Waals surface area contributed by atoms with Gasteiger partial charge in [-0.05, 0) is 19.4 Å². The molecule has 0 aliphatic carbocycles. The Morgan fingerprint density at radius 3 is 2.50 bits per heavy atom. The van der Waals surface area contributed by atoms with Crippen LogP contribution in [0.3, 0.4) is 0 Å². The second-order valence-corrected chi connectivity index (χ2v) is 3.29. The number of nitrogens with one attached hydrogen (secondary N) is 1. The van der Waals surface area contributed by atoms with Crippen molar-refractivity contribution in [3.05, 3.63) is 35.4 Å². The van der Waals surface area contributed by atoms with E-state index in [-0.39, 0.29) is 6.04 Å². The van der Waals surface area contributed by atoms with Gasteiger partial charge in [0.2, 0.25) is 0 Å². The van der Waals surface area contributed by atoms with Gasteiger partial charge in [0.05, 0.1) is 12.6 Å². The predicted molar refractivity (Wildman–Crippen MR) is 57.7 cm³/mol. The van der Waals surface area contributed by atoms with Gasteiger partial charge in [-0.1, -0.05) is 29.8 Å². The predicted octanol–water partition coefficient (Wildman–Crippen LogP) is 1.54. The molecule has 78 valence electrons. The molecular formula is C11H18N2O. The molecule has 1 rings (SSSR count). The van der Waals surface area contributed by atoms with Crippen molar-refractivity contribution in [2.24, 2.45) is 5.84 Å². The van der Waals surface area contributed by atoms with Crippen molar-refractivity contribution in [3.63, 3.8) is 0 Å². The Kier molecular flexibility index (Phi) is 4.59. The van der Waals surface area contributed by atoms with Gasteiger partial charge in [-0.15, -0.1) is 0 Å². The minimum absolute atomic E-state index is 0.0792. The van der Waals surface area contributed by atoms with Crippen LogP contribution in [0.5, 0.6) is 0 Å². The van der Waals surface area contributed by atoms with Gasteiger partial charge >= 0.3 is 0 Å². The molecule has 0 bridgehead atoms. The number of hydrogen-bond acceptors (Lipinski definition) is 3. The van der Waals surface area contributed by atoms with Gasteiger partial charge in [0.25, 0.3) is 0 Å². The van der Waals surface area contributed by atoms with Crippen LogP contribution in [0.2, 0.25) is 0 Å². The van der Waals surface area contributed by atoms with Crippen molar-refractivity contribution in [2.75, 3.05) is 13.2 Å². The topological polar surface area (TPSA) is 47.3 Å². The van der Waals surface area contributed by atoms with Gasteiger partial charge in [0.1, 0.15) is 0 Å². The van der Waals surface area contributed by atoms with Crippen molar-refractivity contribution in [1.29, 1.82) is 0 Å². The zero-order valence-corrected chi connectivity index (χ0v) is 8.79. The molecule has 1 aromatic rings. The van der Waals surface area contributed by atoms with Crippen molar-refractivity contribution < 1.29 is 4.74 Å². The average Bonchev–Trinajstić information content (AvgIpc) is 2.21. The first-order valence-electron chi connectivity index (χ1n) is 4.88. The quantitative estimate of drug-likeness (QED) is 0.552. The summed E-state index contributed by atoms with van der Waals surface area (Å²) in [7, 11) is 0. The Morgan fingerprint density at radius 1 is 1.36 bits per heavy atom. The molecule has 0 saturated heterocycles. The molecule has 0 amide bonds. The molecule has 0 spiro atoms. The van der Waals surface area contributed by atoms with Crippen LogP contribution in [0.25, 0.3) is 0 Å². The highest BCUT2D eigenvalue weighted by Crippen LogP contribution is 2.13. The summed E-state index contributed by atoms with van der Waals surface area (Å²) in [4.78, 5) is 0. The average molecular weight is 194 g/mol. The van der Waals surface area contributed by atoms with Gasteiger partial charge < -0.3 is 4.74 Å². The molecule has 3 heteroatoms. The van der Waals surface area contributed by atoms with Crippen LogP contribution >= 0.6 is 0 Å². The fourth-order valence-electron chi connectivity index (χ4n) is 1.28. The minimum atomic E-state index is 0.0792. The Labute approximate surface area is 85.2 Å². The molecule has 1 atom stereocenters. The first-order valence-corrected chi connectivity index (χ1v) is 4.88. The summed E-state index contributed by atoms with van der Waals surface area (Å²) >= 11 is 0. The van der Waals surface area contributed by atoms with Crippen LogP contribution in [0.4, 0.5) is 0 Å². The molecule has 3 nitrogen and oxygen atoms in total. The van der Waals surface area contributed by atoms with E-state index in [4.69, 9.17) is 10.6 Å². The smallest absolute Gasteiger partial charge is 0.0693 e. The zero-order chi connectivity index (χ0) is 10.4. The van der Waals surface area contributed by atoms with E-state index in [1.807, 2.05) is 6.92 Å². The fourth-order valence-corrected chi connectivity index (χ4v) is 1.28. The monoisotopic (exact) mass is 194 g/mol. The molecule has 1 unspecified atom stereocenters. The highest BCUT2D eigenvalue weighted by atomic mass is 16.5. The van der Waals surface area contributed by atoms with Gasteiger partial charge in [-0.2, -0.15) is 0 Å². The van der Waals surface area contributed by atoms with Gasteiger partial charge in [-0.3, -0.25) is 11.3 Å². The maximum atomic E-state index is 5.45. The number of rotatable bonds is 5. The maximum Gasteiger partial charge on any atom is 0.0693 e. The Bertz CT molecular complexity index is 258. The summed E-state index contributed by atoms with van der Waals surface area (Å²) in [5.41, 5.74) is 5.16. The molecule has 0 aromatic heterocycles. The van der Waals surface area contributed by atoms with Gasteiger partial charge in [0.15, 0.2) is 0 Å². The van der Waals surface area contributed by atoms with E-state index in [1.54, 1.807) is 0 Å². The first kappa shape index (κ1) is 11.2. The number of ether oxygens (including phenoxy) is 1. The molecule has 14 heavy (non-hydrogen) atoms. The van der Waals surface area contributed by atoms with E-state index in [1.165, 1.54) is 5.56 Å². The summed E-state index contributed by atoms with van der Waals surface area (Å²) in [5.74, 6) is 5.45. The third-order valence-corrected chi connectivity index (χ3v) is 2.17. The van der Waals surface area contributed by atoms with Crippen LogP contribution in [0, 0.1) is 6.92 Å². The minimum Gasteiger partial charge on any atom is -0.380 e. The summed E-state index contributed by atoms with van der Waals surface area (Å²) in [6.07, 6.45) is 0. The van der Waals surface area contributed by atoms with Crippen LogP contribution in [0.1, 0.15) is 24.1 Å². The van der Waals surface area contributed by atoms with Crippen LogP contribution < -0.4 is 11.3 Å². The molecule has 0 fully saturated rings. The highest BCUT2D eigenvalue weighted by molar-refractivity contribution is 5.24. The van der Waals surface area contributed by atoms with Crippen molar-refractivity contribution in [2.45, 2.75) is 19.9 Å². The fraction of sp³-hybridized carbons (Fsp3) is 0.455. The zero-order valence-electron chi connectivity index (χ0n) is 8.79. The molecule has 0 aliphatic heterocycles. The van der Waals surface area contributed by atoms with Gasteiger partial charge in [0, 0.05) is 6.61 Å². The standard InChI is InChI=1S/C11H18N2O/c1-3-14-8-11(13-12)10-6-4-9(2)5-7-10/h4-7,11,13H,3,8,12H2,1-2H3. The summed E-state index contributed by atoms with van der Waals surface area (Å²) in [5, 5.41) is 0. The van der Waals surface area contributed by atoms with E-state index >= 15 is 0 Å². The first-order chi connectivity index (χ1) is 6.77. The van der Waals surface area contributed by atoms with E-state index in [2.05, 4.69) is 36.6 Å². The molecule has 3 N–H and O–H groups in total. The summed E-state index contributed by atoms with van der Waals surface area (Å²) < 4.78 is 5.33. The Hall–Kier alpha value is -0.900. The number of benzene rings is 1. The SMILES string of the molecule is CCOCC(NN)c1ccc(C)cc1. The summed E-state index contributed by atoms with van der Waals surface area (Å²) in [6.45, 7) is 5.36. The Morgan fingerprint density at radius 2 is 2.00 bits per heavy atom. The van der Waals surface area contributed by atoms with E-state index in [9.17, 15) is 0 Å². The molecule has 1 aromatic carbocycles. The summed E-state index contributed by atoms with van der Waals surface area (Å²) in [6, 6.07) is 8.37. The lowest BCUT2D eigenvalue weighted by Gasteiger charge is -2.16. The second-order valence-electron chi connectivity index (χ2n) is 3.29. The lowest BCUT2D eigenvalue weighted by atomic mass is 10.1. The largest absolute Gasteiger partial charge is 0.380 e. The normalized spacial score (nSPS) is 12.8. The van der Waals surface area contributed by atoms with Crippen LogP contribution in [-0.2, 0) is 4.74 Å².